The molecule has 0 aromatic rings. The molecule has 2 atom stereocenters. The van der Waals surface area contributed by atoms with Crippen LogP contribution in [0.3, 0.4) is 0 Å². The predicted molar refractivity (Wildman–Crippen MR) is 223 cm³/mol. The predicted octanol–water partition coefficient (Wildman–Crippen LogP) is 13.0. The molecule has 6 nitrogen and oxygen atoms in total. The van der Waals surface area contributed by atoms with Crippen molar-refractivity contribution in [3.8, 4) is 0 Å². The van der Waals surface area contributed by atoms with E-state index < -0.39 is 12.1 Å². The summed E-state index contributed by atoms with van der Waals surface area (Å²) < 4.78 is 5.44. The maximum atomic E-state index is 12.4. The maximum absolute atomic E-state index is 12.4. The fourth-order valence-electron chi connectivity index (χ4n) is 6.98. The van der Waals surface area contributed by atoms with E-state index in [9.17, 15) is 19.8 Å². The molecule has 0 rings (SSSR count). The molecular formula is C46H89NO5. The molecule has 0 bridgehead atoms. The first-order valence-electron chi connectivity index (χ1n) is 22.9. The monoisotopic (exact) mass is 736 g/mol. The lowest BCUT2D eigenvalue weighted by Crippen LogP contribution is -2.45. The van der Waals surface area contributed by atoms with E-state index in [4.69, 9.17) is 4.74 Å². The zero-order chi connectivity index (χ0) is 38.0. The van der Waals surface area contributed by atoms with Crippen molar-refractivity contribution in [2.45, 2.75) is 257 Å². The number of amides is 1. The minimum absolute atomic E-state index is 0.0278. The first-order chi connectivity index (χ1) is 25.5. The zero-order valence-corrected chi connectivity index (χ0v) is 34.8. The third kappa shape index (κ3) is 38.3. The Morgan fingerprint density at radius 2 is 0.904 bits per heavy atom. The van der Waals surface area contributed by atoms with E-state index in [0.717, 1.165) is 57.8 Å². The smallest absolute Gasteiger partial charge is 0.305 e. The first kappa shape index (κ1) is 50.6. The number of ether oxygens (including phenoxy) is 1. The Bertz CT molecular complexity index is 772. The maximum Gasteiger partial charge on any atom is 0.305 e. The molecule has 0 fully saturated rings. The summed E-state index contributed by atoms with van der Waals surface area (Å²) in [6, 6.07) is -0.556. The fourth-order valence-corrected chi connectivity index (χ4v) is 6.98. The second kappa shape index (κ2) is 42.3. The largest absolute Gasteiger partial charge is 0.466 e. The lowest BCUT2D eigenvalue weighted by molar-refractivity contribution is -0.143. The van der Waals surface area contributed by atoms with Crippen LogP contribution in [0.2, 0.25) is 0 Å². The summed E-state index contributed by atoms with van der Waals surface area (Å²) in [7, 11) is 0. The molecule has 1 amide bonds. The molecule has 0 heterocycles. The number of nitrogens with one attached hydrogen (secondary N) is 1. The molecule has 0 aromatic heterocycles. The van der Waals surface area contributed by atoms with Crippen molar-refractivity contribution in [1.29, 1.82) is 0 Å². The molecule has 2 unspecified atom stereocenters. The van der Waals surface area contributed by atoms with Gasteiger partial charge in [0.1, 0.15) is 0 Å². The van der Waals surface area contributed by atoms with Crippen LogP contribution in [0.25, 0.3) is 0 Å². The normalized spacial score (nSPS) is 12.8. The van der Waals surface area contributed by atoms with Crippen LogP contribution in [0.15, 0.2) is 12.2 Å². The van der Waals surface area contributed by atoms with Crippen LogP contribution in [0.4, 0.5) is 0 Å². The summed E-state index contributed by atoms with van der Waals surface area (Å²) >= 11 is 0. The minimum atomic E-state index is -0.676. The number of aliphatic hydroxyl groups is 2. The molecule has 0 aliphatic carbocycles. The van der Waals surface area contributed by atoms with Crippen molar-refractivity contribution in [1.82, 2.24) is 5.32 Å². The number of esters is 1. The van der Waals surface area contributed by atoms with Gasteiger partial charge in [0.15, 0.2) is 0 Å². The summed E-state index contributed by atoms with van der Waals surface area (Å²) in [4.78, 5) is 24.4. The van der Waals surface area contributed by atoms with Crippen LogP contribution < -0.4 is 5.32 Å². The van der Waals surface area contributed by atoms with Crippen LogP contribution in [-0.2, 0) is 14.3 Å². The minimum Gasteiger partial charge on any atom is -0.466 e. The average Bonchev–Trinajstić information content (AvgIpc) is 3.14. The molecule has 0 saturated carbocycles. The highest BCUT2D eigenvalue weighted by atomic mass is 16.5. The van der Waals surface area contributed by atoms with Crippen LogP contribution in [-0.4, -0.2) is 47.4 Å². The van der Waals surface area contributed by atoms with Crippen LogP contribution in [0.5, 0.6) is 0 Å². The molecule has 0 aromatic carbocycles. The molecule has 3 N–H and O–H groups in total. The molecule has 52 heavy (non-hydrogen) atoms. The number of carbonyl (C=O) groups excluding carboxylic acids is 2. The Balaban J connectivity index is 3.48. The van der Waals surface area contributed by atoms with Gasteiger partial charge in [0.2, 0.25) is 5.91 Å². The third-order valence-corrected chi connectivity index (χ3v) is 10.6. The molecule has 0 aliphatic rings. The molecule has 0 radical (unpaired) electrons. The van der Waals surface area contributed by atoms with Crippen molar-refractivity contribution in [3.63, 3.8) is 0 Å². The van der Waals surface area contributed by atoms with Gasteiger partial charge in [-0.25, -0.2) is 0 Å². The second-order valence-electron chi connectivity index (χ2n) is 15.7. The van der Waals surface area contributed by atoms with Gasteiger partial charge in [-0.3, -0.25) is 9.59 Å². The van der Waals surface area contributed by atoms with Crippen molar-refractivity contribution in [2.75, 3.05) is 13.2 Å². The topological polar surface area (TPSA) is 95.9 Å². The van der Waals surface area contributed by atoms with Gasteiger partial charge in [-0.05, 0) is 51.4 Å². The fraction of sp³-hybridized carbons (Fsp3) is 0.913. The molecule has 0 spiro atoms. The number of allylic oxidation sites excluding steroid dienone is 2. The van der Waals surface area contributed by atoms with Gasteiger partial charge in [0.05, 0.1) is 25.4 Å². The molecule has 0 aliphatic heterocycles. The number of unbranched alkanes of at least 4 members (excludes halogenated alkanes) is 29. The highest BCUT2D eigenvalue weighted by Crippen LogP contribution is 2.15. The highest BCUT2D eigenvalue weighted by molar-refractivity contribution is 5.76. The van der Waals surface area contributed by atoms with Gasteiger partial charge in [0, 0.05) is 12.8 Å². The standard InChI is InChI=1S/C46H89NO5/c1-3-5-7-9-11-13-15-16-17-19-24-28-32-36-40-46(51)52-41-37-33-29-25-21-20-23-27-31-35-39-45(50)47-43(42-48)44(49)38-34-30-26-22-18-14-12-10-8-6-4-2/h15-16,43-44,48-49H,3-14,17-42H2,1-2H3,(H,47,50)/b16-15-. The molecule has 6 heteroatoms. The Morgan fingerprint density at radius 3 is 1.37 bits per heavy atom. The third-order valence-electron chi connectivity index (χ3n) is 10.6. The van der Waals surface area contributed by atoms with Gasteiger partial charge < -0.3 is 20.3 Å². The van der Waals surface area contributed by atoms with Crippen molar-refractivity contribution in [3.05, 3.63) is 12.2 Å². The summed E-state index contributed by atoms with van der Waals surface area (Å²) in [6.45, 7) is 4.87. The van der Waals surface area contributed by atoms with Gasteiger partial charge >= 0.3 is 5.97 Å². The summed E-state index contributed by atoms with van der Waals surface area (Å²) in [5, 5.41) is 23.1. The summed E-state index contributed by atoms with van der Waals surface area (Å²) in [6.07, 6.45) is 45.9. The lowest BCUT2D eigenvalue weighted by Gasteiger charge is -2.22. The van der Waals surface area contributed by atoms with E-state index in [2.05, 4.69) is 31.3 Å². The van der Waals surface area contributed by atoms with Crippen LogP contribution >= 0.6 is 0 Å². The van der Waals surface area contributed by atoms with Crippen LogP contribution in [0, 0.1) is 0 Å². The van der Waals surface area contributed by atoms with E-state index in [1.165, 1.54) is 154 Å². The summed E-state index contributed by atoms with van der Waals surface area (Å²) in [5.74, 6) is -0.0875. The second-order valence-corrected chi connectivity index (χ2v) is 15.7. The van der Waals surface area contributed by atoms with E-state index in [1.807, 2.05) is 0 Å². The zero-order valence-electron chi connectivity index (χ0n) is 34.8. The summed E-state index contributed by atoms with van der Waals surface area (Å²) in [5.41, 5.74) is 0. The SMILES string of the molecule is CCCCCCC/C=C\CCCCCCCC(=O)OCCCCCCCCCCCCC(=O)NC(CO)C(O)CCCCCCCCCCCCC. The van der Waals surface area contributed by atoms with Gasteiger partial charge in [-0.15, -0.1) is 0 Å². The highest BCUT2D eigenvalue weighted by Gasteiger charge is 2.20. The quantitative estimate of drug-likeness (QED) is 0.0329. The number of hydrogen-bond acceptors (Lipinski definition) is 5. The van der Waals surface area contributed by atoms with E-state index in [1.54, 1.807) is 0 Å². The molecular weight excluding hydrogens is 647 g/mol. The van der Waals surface area contributed by atoms with Crippen molar-refractivity contribution < 1.29 is 24.5 Å². The van der Waals surface area contributed by atoms with Gasteiger partial charge in [0.25, 0.3) is 0 Å². The van der Waals surface area contributed by atoms with E-state index in [0.29, 0.717) is 25.9 Å². The van der Waals surface area contributed by atoms with Crippen molar-refractivity contribution in [2.24, 2.45) is 0 Å². The number of hydrogen-bond donors (Lipinski definition) is 3. The van der Waals surface area contributed by atoms with Crippen LogP contribution in [0.1, 0.15) is 245 Å². The Hall–Kier alpha value is -1.40. The average molecular weight is 736 g/mol. The van der Waals surface area contributed by atoms with E-state index in [-0.39, 0.29) is 18.5 Å². The van der Waals surface area contributed by atoms with E-state index >= 15 is 0 Å². The Kier molecular flexibility index (Phi) is 41.2. The lowest BCUT2D eigenvalue weighted by atomic mass is 10.0. The van der Waals surface area contributed by atoms with Crippen molar-refractivity contribution >= 4 is 11.9 Å². The van der Waals surface area contributed by atoms with Gasteiger partial charge in [-0.1, -0.05) is 193 Å². The molecule has 308 valence electrons. The number of aliphatic hydroxyl groups excluding tert-OH is 2. The number of rotatable bonds is 42. The van der Waals surface area contributed by atoms with Gasteiger partial charge in [-0.2, -0.15) is 0 Å². The number of carbonyl (C=O) groups is 2. The molecule has 0 saturated heterocycles. The first-order valence-corrected chi connectivity index (χ1v) is 22.9. The Morgan fingerprint density at radius 1 is 0.519 bits per heavy atom. The Labute approximate surface area is 323 Å².